The van der Waals surface area contributed by atoms with Crippen LogP contribution in [0.15, 0.2) is 42.9 Å². The molecule has 0 saturated carbocycles. The van der Waals surface area contributed by atoms with Crippen LogP contribution in [0.3, 0.4) is 0 Å². The van der Waals surface area contributed by atoms with E-state index in [2.05, 4.69) is 32.0 Å². The number of likely N-dealkylation sites (N-methyl/N-ethyl adjacent to an activating group) is 1. The van der Waals surface area contributed by atoms with Crippen molar-refractivity contribution in [1.29, 1.82) is 0 Å². The van der Waals surface area contributed by atoms with Crippen molar-refractivity contribution in [3.8, 4) is 11.3 Å². The number of piperazine rings is 1. The van der Waals surface area contributed by atoms with Gasteiger partial charge in [0.25, 0.3) is 5.91 Å². The van der Waals surface area contributed by atoms with Gasteiger partial charge in [-0.1, -0.05) is 6.92 Å². The Morgan fingerprint density at radius 2 is 1.87 bits per heavy atom. The molecule has 0 unspecified atom stereocenters. The predicted molar refractivity (Wildman–Crippen MR) is 114 cm³/mol. The highest BCUT2D eigenvalue weighted by Crippen LogP contribution is 2.22. The normalized spacial score (nSPS) is 15.5. The number of rotatable bonds is 7. The topological polar surface area (TPSA) is 65.8 Å². The lowest BCUT2D eigenvalue weighted by Crippen LogP contribution is -2.46. The van der Waals surface area contributed by atoms with E-state index in [1.807, 2.05) is 0 Å². The molecule has 0 spiro atoms. The Labute approximate surface area is 175 Å². The summed E-state index contributed by atoms with van der Waals surface area (Å²) in [5, 5.41) is 2.96. The zero-order valence-electron chi connectivity index (χ0n) is 17.2. The molecule has 1 amide bonds. The van der Waals surface area contributed by atoms with E-state index >= 15 is 0 Å². The molecule has 3 aromatic rings. The van der Waals surface area contributed by atoms with Crippen molar-refractivity contribution < 1.29 is 9.18 Å². The monoisotopic (exact) mass is 410 g/mol. The van der Waals surface area contributed by atoms with Crippen LogP contribution >= 0.6 is 0 Å². The first-order valence-corrected chi connectivity index (χ1v) is 10.5. The third kappa shape index (κ3) is 4.66. The number of carbonyl (C=O) groups excluding carboxylic acids is 1. The van der Waals surface area contributed by atoms with Gasteiger partial charge in [0, 0.05) is 56.9 Å². The number of imidazole rings is 1. The number of amides is 1. The number of hydrogen-bond donors (Lipinski definition) is 1. The van der Waals surface area contributed by atoms with Gasteiger partial charge in [-0.05, 0) is 43.8 Å². The molecule has 7 nitrogen and oxygen atoms in total. The molecule has 1 aliphatic rings. The molecule has 1 saturated heterocycles. The molecular weight excluding hydrogens is 383 g/mol. The smallest absolute Gasteiger partial charge is 0.271 e. The minimum absolute atomic E-state index is 0.195. The summed E-state index contributed by atoms with van der Waals surface area (Å²) in [6, 6.07) is 6.09. The molecule has 158 valence electrons. The average molecular weight is 410 g/mol. The Morgan fingerprint density at radius 1 is 1.13 bits per heavy atom. The van der Waals surface area contributed by atoms with E-state index in [0.717, 1.165) is 51.3 Å². The minimum Gasteiger partial charge on any atom is -0.351 e. The molecule has 1 N–H and O–H groups in total. The summed E-state index contributed by atoms with van der Waals surface area (Å²) in [7, 11) is 0. The molecule has 2 aromatic heterocycles. The van der Waals surface area contributed by atoms with Crippen molar-refractivity contribution >= 4 is 11.6 Å². The molecular formula is C22H27FN6O. The Kier molecular flexibility index (Phi) is 6.35. The first-order valence-electron chi connectivity index (χ1n) is 10.5. The summed E-state index contributed by atoms with van der Waals surface area (Å²) in [5.74, 6) is -0.499. The fourth-order valence-electron chi connectivity index (χ4n) is 3.76. The third-order valence-electron chi connectivity index (χ3n) is 5.57. The van der Waals surface area contributed by atoms with Gasteiger partial charge in [-0.3, -0.25) is 9.78 Å². The Hall–Kier alpha value is -2.84. The number of aromatic nitrogens is 3. The summed E-state index contributed by atoms with van der Waals surface area (Å²) < 4.78 is 15.0. The van der Waals surface area contributed by atoms with Crippen LogP contribution in [-0.2, 0) is 0 Å². The fourth-order valence-corrected chi connectivity index (χ4v) is 3.76. The van der Waals surface area contributed by atoms with Gasteiger partial charge in [0.15, 0.2) is 5.65 Å². The van der Waals surface area contributed by atoms with Crippen LogP contribution in [0, 0.1) is 5.82 Å². The van der Waals surface area contributed by atoms with Gasteiger partial charge >= 0.3 is 0 Å². The van der Waals surface area contributed by atoms with Gasteiger partial charge in [0.1, 0.15) is 17.2 Å². The molecule has 0 aliphatic carbocycles. The average Bonchev–Trinajstić information content (AvgIpc) is 3.22. The predicted octanol–water partition coefficient (Wildman–Crippen LogP) is 2.29. The summed E-state index contributed by atoms with van der Waals surface area (Å²) in [6.45, 7) is 9.33. The molecule has 0 radical (unpaired) electrons. The van der Waals surface area contributed by atoms with Crippen LogP contribution in [-0.4, -0.2) is 75.9 Å². The second-order valence-corrected chi connectivity index (χ2v) is 7.53. The second-order valence-electron chi connectivity index (χ2n) is 7.53. The van der Waals surface area contributed by atoms with Crippen molar-refractivity contribution in [2.45, 2.75) is 13.3 Å². The van der Waals surface area contributed by atoms with Gasteiger partial charge in [-0.15, -0.1) is 0 Å². The number of halogens is 1. The van der Waals surface area contributed by atoms with Crippen molar-refractivity contribution in [1.82, 2.24) is 29.5 Å². The van der Waals surface area contributed by atoms with E-state index in [1.165, 1.54) is 12.1 Å². The lowest BCUT2D eigenvalue weighted by Gasteiger charge is -2.33. The standard InChI is InChI=1S/C22H27FN6O/c1-2-27-12-14-28(15-13-27)10-3-8-25-22(30)19-16-29-11-9-24-20(21(29)26-19)17-4-6-18(23)7-5-17/h4-7,9,11,16H,2-3,8,10,12-15H2,1H3,(H,25,30). The summed E-state index contributed by atoms with van der Waals surface area (Å²) in [4.78, 5) is 26.3. The van der Waals surface area contributed by atoms with Crippen LogP contribution < -0.4 is 5.32 Å². The maximum absolute atomic E-state index is 13.2. The number of benzene rings is 1. The number of nitrogens with one attached hydrogen (secondary N) is 1. The summed E-state index contributed by atoms with van der Waals surface area (Å²) in [5.41, 5.74) is 2.29. The summed E-state index contributed by atoms with van der Waals surface area (Å²) >= 11 is 0. The van der Waals surface area contributed by atoms with Crippen molar-refractivity contribution in [2.75, 3.05) is 45.8 Å². The molecule has 0 bridgehead atoms. The highest BCUT2D eigenvalue weighted by Gasteiger charge is 2.16. The zero-order chi connectivity index (χ0) is 20.9. The van der Waals surface area contributed by atoms with Crippen LogP contribution in [0.2, 0.25) is 0 Å². The maximum Gasteiger partial charge on any atom is 0.271 e. The molecule has 1 aromatic carbocycles. The van der Waals surface area contributed by atoms with Crippen molar-refractivity contribution in [3.63, 3.8) is 0 Å². The molecule has 1 aliphatic heterocycles. The van der Waals surface area contributed by atoms with Crippen LogP contribution in [0.1, 0.15) is 23.8 Å². The highest BCUT2D eigenvalue weighted by atomic mass is 19.1. The summed E-state index contributed by atoms with van der Waals surface area (Å²) in [6.07, 6.45) is 6.01. The Balaban J connectivity index is 1.35. The lowest BCUT2D eigenvalue weighted by atomic mass is 10.1. The number of carbonyl (C=O) groups is 1. The first kappa shape index (κ1) is 20.4. The Bertz CT molecular complexity index is 995. The lowest BCUT2D eigenvalue weighted by molar-refractivity contribution is 0.0944. The minimum atomic E-state index is -0.304. The third-order valence-corrected chi connectivity index (χ3v) is 5.57. The van der Waals surface area contributed by atoms with Gasteiger partial charge in [0.2, 0.25) is 0 Å². The van der Waals surface area contributed by atoms with Crippen molar-refractivity contribution in [3.05, 3.63) is 54.4 Å². The maximum atomic E-state index is 13.2. The van der Waals surface area contributed by atoms with E-state index in [-0.39, 0.29) is 11.7 Å². The van der Waals surface area contributed by atoms with Gasteiger partial charge in [0.05, 0.1) is 0 Å². The molecule has 4 rings (SSSR count). The van der Waals surface area contributed by atoms with E-state index in [9.17, 15) is 9.18 Å². The van der Waals surface area contributed by atoms with Crippen LogP contribution in [0.4, 0.5) is 4.39 Å². The van der Waals surface area contributed by atoms with E-state index in [0.29, 0.717) is 23.6 Å². The number of nitrogens with zero attached hydrogens (tertiary/aromatic N) is 5. The van der Waals surface area contributed by atoms with E-state index in [4.69, 9.17) is 0 Å². The molecule has 30 heavy (non-hydrogen) atoms. The SMILES string of the molecule is CCN1CCN(CCCNC(=O)c2cn3ccnc(-c4ccc(F)cc4)c3n2)CC1. The van der Waals surface area contributed by atoms with Gasteiger partial charge < -0.3 is 19.5 Å². The van der Waals surface area contributed by atoms with Gasteiger partial charge in [-0.2, -0.15) is 0 Å². The van der Waals surface area contributed by atoms with Crippen LogP contribution in [0.5, 0.6) is 0 Å². The fraction of sp³-hybridized carbons (Fsp3) is 0.409. The molecule has 0 atom stereocenters. The quantitative estimate of drug-likeness (QED) is 0.606. The number of hydrogen-bond acceptors (Lipinski definition) is 5. The van der Waals surface area contributed by atoms with Gasteiger partial charge in [-0.25, -0.2) is 9.37 Å². The molecule has 3 heterocycles. The zero-order valence-corrected chi connectivity index (χ0v) is 17.2. The largest absolute Gasteiger partial charge is 0.351 e. The highest BCUT2D eigenvalue weighted by molar-refractivity contribution is 5.93. The number of fused-ring (bicyclic) bond motifs is 1. The van der Waals surface area contributed by atoms with E-state index < -0.39 is 0 Å². The first-order chi connectivity index (χ1) is 14.6. The molecule has 1 fully saturated rings. The van der Waals surface area contributed by atoms with Crippen molar-refractivity contribution in [2.24, 2.45) is 0 Å². The van der Waals surface area contributed by atoms with Crippen LogP contribution in [0.25, 0.3) is 16.9 Å². The Morgan fingerprint density at radius 3 is 2.60 bits per heavy atom. The second kappa shape index (κ2) is 9.32. The molecule has 8 heteroatoms. The van der Waals surface area contributed by atoms with E-state index in [1.54, 1.807) is 35.1 Å².